The highest BCUT2D eigenvalue weighted by atomic mass is 79.9. The van der Waals surface area contributed by atoms with E-state index in [0.717, 1.165) is 26.7 Å². The Morgan fingerprint density at radius 1 is 1.38 bits per heavy atom. The molecule has 1 aliphatic heterocycles. The number of carbonyl (C=O) groups excluding carboxylic acids is 1. The molecule has 2 rings (SSSR count). The fourth-order valence-corrected chi connectivity index (χ4v) is 3.89. The van der Waals surface area contributed by atoms with Gasteiger partial charge >= 0.3 is 11.9 Å². The maximum Gasteiger partial charge on any atom is 0.326 e. The number of nitrogens with zero attached hydrogens (tertiary/aromatic N) is 1. The van der Waals surface area contributed by atoms with E-state index in [4.69, 9.17) is 17.3 Å². The van der Waals surface area contributed by atoms with E-state index >= 15 is 0 Å². The first-order valence-corrected chi connectivity index (χ1v) is 8.78. The summed E-state index contributed by atoms with van der Waals surface area (Å²) < 4.78 is 0.954. The molecule has 0 saturated carbocycles. The quantitative estimate of drug-likeness (QED) is 0.529. The first-order chi connectivity index (χ1) is 11.3. The van der Waals surface area contributed by atoms with Crippen LogP contribution in [-0.2, 0) is 14.4 Å². The van der Waals surface area contributed by atoms with Gasteiger partial charge in [0.15, 0.2) is 0 Å². The smallest absolute Gasteiger partial charge is 0.326 e. The van der Waals surface area contributed by atoms with Crippen molar-refractivity contribution >= 4 is 68.2 Å². The molecule has 2 N–H and O–H groups in total. The summed E-state index contributed by atoms with van der Waals surface area (Å²) in [5.74, 6) is -2.93. The Labute approximate surface area is 155 Å². The average molecular weight is 430 g/mol. The molecule has 1 atom stereocenters. The second-order valence-electron chi connectivity index (χ2n) is 4.89. The number of aliphatic carboxylic acids is 2. The number of thioether (sulfide) groups is 1. The Kier molecular flexibility index (Phi) is 6.14. The highest BCUT2D eigenvalue weighted by Crippen LogP contribution is 2.35. The Morgan fingerprint density at radius 3 is 2.67 bits per heavy atom. The van der Waals surface area contributed by atoms with Crippen molar-refractivity contribution in [3.8, 4) is 0 Å². The number of thiocarbonyl (C=S) groups is 1. The van der Waals surface area contributed by atoms with Crippen LogP contribution in [0.25, 0.3) is 6.08 Å². The van der Waals surface area contributed by atoms with Gasteiger partial charge in [0.25, 0.3) is 5.91 Å². The van der Waals surface area contributed by atoms with Gasteiger partial charge in [-0.25, -0.2) is 4.79 Å². The molecule has 0 aliphatic carbocycles. The highest BCUT2D eigenvalue weighted by Gasteiger charge is 2.40. The number of amides is 1. The van der Waals surface area contributed by atoms with Gasteiger partial charge < -0.3 is 10.2 Å². The van der Waals surface area contributed by atoms with E-state index in [9.17, 15) is 19.5 Å². The zero-order valence-electron chi connectivity index (χ0n) is 12.1. The van der Waals surface area contributed by atoms with Gasteiger partial charge in [-0.3, -0.25) is 14.5 Å². The molecule has 1 fully saturated rings. The van der Waals surface area contributed by atoms with Gasteiger partial charge in [0.2, 0.25) is 0 Å². The molecule has 0 unspecified atom stereocenters. The van der Waals surface area contributed by atoms with Crippen molar-refractivity contribution in [2.45, 2.75) is 18.9 Å². The monoisotopic (exact) mass is 429 g/mol. The molecule has 0 aromatic heterocycles. The van der Waals surface area contributed by atoms with Gasteiger partial charge in [-0.1, -0.05) is 52.0 Å². The molecule has 1 aliphatic rings. The largest absolute Gasteiger partial charge is 0.481 e. The fraction of sp³-hybridized carbons (Fsp3) is 0.200. The van der Waals surface area contributed by atoms with Crippen molar-refractivity contribution in [2.24, 2.45) is 0 Å². The van der Waals surface area contributed by atoms with Crippen LogP contribution in [-0.4, -0.2) is 43.3 Å². The lowest BCUT2D eigenvalue weighted by Gasteiger charge is -2.22. The van der Waals surface area contributed by atoms with Crippen LogP contribution in [0.3, 0.4) is 0 Å². The van der Waals surface area contributed by atoms with Crippen LogP contribution < -0.4 is 0 Å². The maximum atomic E-state index is 12.5. The molecule has 1 aromatic carbocycles. The Hall–Kier alpha value is -1.71. The summed E-state index contributed by atoms with van der Waals surface area (Å²) in [6, 6.07) is 5.97. The van der Waals surface area contributed by atoms with Crippen molar-refractivity contribution in [2.75, 3.05) is 0 Å². The molecular weight excluding hydrogens is 418 g/mol. The van der Waals surface area contributed by atoms with Gasteiger partial charge in [-0.05, 0) is 30.2 Å². The van der Waals surface area contributed by atoms with Gasteiger partial charge in [0, 0.05) is 10.9 Å². The Bertz CT molecular complexity index is 749. The minimum Gasteiger partial charge on any atom is -0.481 e. The lowest BCUT2D eigenvalue weighted by molar-refractivity contribution is -0.146. The number of hydrogen-bond donors (Lipinski definition) is 2. The minimum atomic E-state index is -1.29. The SMILES string of the molecule is O=C(O)CC[C@H](C(=O)O)N1C(=O)/C(=C\c2cccc(Br)c2)SC1=S. The third kappa shape index (κ3) is 4.43. The Morgan fingerprint density at radius 2 is 2.08 bits per heavy atom. The van der Waals surface area contributed by atoms with Crippen molar-refractivity contribution in [3.63, 3.8) is 0 Å². The molecular formula is C15H12BrNO5S2. The van der Waals surface area contributed by atoms with Gasteiger partial charge in [0.05, 0.1) is 4.91 Å². The standard InChI is InChI=1S/C15H12BrNO5S2/c16-9-3-1-2-8(6-9)7-11-13(20)17(15(23)24-11)10(14(21)22)4-5-12(18)19/h1-3,6-7,10H,4-5H2,(H,18,19)(H,21,22)/b11-7+/t10-/m1/s1. The number of carboxylic acids is 2. The molecule has 126 valence electrons. The molecule has 1 amide bonds. The van der Waals surface area contributed by atoms with Crippen LogP contribution in [0.1, 0.15) is 18.4 Å². The lowest BCUT2D eigenvalue weighted by Crippen LogP contribution is -2.44. The lowest BCUT2D eigenvalue weighted by atomic mass is 10.1. The molecule has 9 heteroatoms. The maximum absolute atomic E-state index is 12.5. The van der Waals surface area contributed by atoms with Crippen molar-refractivity contribution in [1.29, 1.82) is 0 Å². The van der Waals surface area contributed by atoms with Crippen LogP contribution in [0.5, 0.6) is 0 Å². The predicted octanol–water partition coefficient (Wildman–Crippen LogP) is 2.97. The predicted molar refractivity (Wildman–Crippen MR) is 97.4 cm³/mol. The topological polar surface area (TPSA) is 94.9 Å². The Balaban J connectivity index is 2.26. The van der Waals surface area contributed by atoms with E-state index in [2.05, 4.69) is 15.9 Å². The van der Waals surface area contributed by atoms with E-state index in [1.165, 1.54) is 0 Å². The highest BCUT2D eigenvalue weighted by molar-refractivity contribution is 9.10. The number of hydrogen-bond acceptors (Lipinski definition) is 5. The number of carboxylic acid groups (broad SMARTS) is 2. The van der Waals surface area contributed by atoms with Crippen LogP contribution >= 0.6 is 39.9 Å². The van der Waals surface area contributed by atoms with Crippen molar-refractivity contribution in [3.05, 3.63) is 39.2 Å². The molecule has 0 spiro atoms. The number of rotatable bonds is 6. The zero-order chi connectivity index (χ0) is 17.9. The van der Waals surface area contributed by atoms with Gasteiger partial charge in [-0.15, -0.1) is 0 Å². The summed E-state index contributed by atoms with van der Waals surface area (Å²) in [6.07, 6.45) is 1.06. The molecule has 1 heterocycles. The fourth-order valence-electron chi connectivity index (χ4n) is 2.12. The number of carbonyl (C=O) groups is 3. The molecule has 1 aromatic rings. The normalized spacial score (nSPS) is 17.4. The molecule has 0 bridgehead atoms. The second-order valence-corrected chi connectivity index (χ2v) is 7.48. The molecule has 6 nitrogen and oxygen atoms in total. The van der Waals surface area contributed by atoms with E-state index in [-0.39, 0.29) is 17.2 Å². The molecule has 24 heavy (non-hydrogen) atoms. The molecule has 1 saturated heterocycles. The zero-order valence-corrected chi connectivity index (χ0v) is 15.4. The summed E-state index contributed by atoms with van der Waals surface area (Å²) in [5, 5.41) is 18.1. The van der Waals surface area contributed by atoms with Gasteiger partial charge in [-0.2, -0.15) is 0 Å². The van der Waals surface area contributed by atoms with Crippen molar-refractivity contribution < 1.29 is 24.6 Å². The summed E-state index contributed by atoms with van der Waals surface area (Å²) >= 11 is 9.46. The van der Waals surface area contributed by atoms with Crippen molar-refractivity contribution in [1.82, 2.24) is 4.90 Å². The summed E-state index contributed by atoms with van der Waals surface area (Å²) in [6.45, 7) is 0. The summed E-state index contributed by atoms with van der Waals surface area (Å²) in [7, 11) is 0. The number of benzene rings is 1. The van der Waals surface area contributed by atoms with E-state index in [1.807, 2.05) is 18.2 Å². The van der Waals surface area contributed by atoms with Crippen LogP contribution in [0.4, 0.5) is 0 Å². The summed E-state index contributed by atoms with van der Waals surface area (Å²) in [5.41, 5.74) is 0.766. The minimum absolute atomic E-state index is 0.110. The third-order valence-corrected chi connectivity index (χ3v) is 5.02. The van der Waals surface area contributed by atoms with E-state index < -0.39 is 23.9 Å². The third-order valence-electron chi connectivity index (χ3n) is 3.20. The first kappa shape index (κ1) is 18.6. The van der Waals surface area contributed by atoms with Crippen LogP contribution in [0, 0.1) is 0 Å². The van der Waals surface area contributed by atoms with E-state index in [0.29, 0.717) is 4.91 Å². The average Bonchev–Trinajstić information content (AvgIpc) is 2.74. The van der Waals surface area contributed by atoms with Crippen LogP contribution in [0.15, 0.2) is 33.6 Å². The van der Waals surface area contributed by atoms with E-state index in [1.54, 1.807) is 12.1 Å². The first-order valence-electron chi connectivity index (χ1n) is 6.77. The summed E-state index contributed by atoms with van der Waals surface area (Å²) in [4.78, 5) is 35.9. The van der Waals surface area contributed by atoms with Crippen LogP contribution in [0.2, 0.25) is 0 Å². The molecule has 0 radical (unpaired) electrons. The number of halogens is 1. The second kappa shape index (κ2) is 7.91. The van der Waals surface area contributed by atoms with Gasteiger partial charge in [0.1, 0.15) is 10.4 Å².